The molecule has 0 fully saturated rings. The van der Waals surface area contributed by atoms with Crippen molar-refractivity contribution in [2.24, 2.45) is 0 Å². The molecule has 3 heteroatoms. The molecule has 17 heavy (non-hydrogen) atoms. The van der Waals surface area contributed by atoms with E-state index in [2.05, 4.69) is 23.6 Å². The van der Waals surface area contributed by atoms with Gasteiger partial charge in [0.1, 0.15) is 0 Å². The molecule has 0 radical (unpaired) electrons. The average molecular weight is 232 g/mol. The van der Waals surface area contributed by atoms with Crippen molar-refractivity contribution in [2.75, 3.05) is 13.1 Å². The average Bonchev–Trinajstić information content (AvgIpc) is 2.38. The highest BCUT2D eigenvalue weighted by atomic mass is 16.1. The number of nitrogens with one attached hydrogen (secondary N) is 2. The normalized spacial score (nSPS) is 14.2. The number of unbranched alkanes of at least 4 members (excludes halogenated alkanes) is 1. The van der Waals surface area contributed by atoms with Crippen LogP contribution in [0.1, 0.15) is 41.3 Å². The number of hydrogen-bond donors (Lipinski definition) is 2. The van der Waals surface area contributed by atoms with Crippen LogP contribution in [0, 0.1) is 0 Å². The molecule has 1 aromatic carbocycles. The van der Waals surface area contributed by atoms with E-state index in [4.69, 9.17) is 0 Å². The Morgan fingerprint density at radius 1 is 1.41 bits per heavy atom. The van der Waals surface area contributed by atoms with Gasteiger partial charge < -0.3 is 10.6 Å². The lowest BCUT2D eigenvalue weighted by molar-refractivity contribution is 0.0953. The van der Waals surface area contributed by atoms with Crippen LogP contribution in [0.2, 0.25) is 0 Å². The predicted molar refractivity (Wildman–Crippen MR) is 69.1 cm³/mol. The lowest BCUT2D eigenvalue weighted by Gasteiger charge is -2.17. The van der Waals surface area contributed by atoms with Crippen LogP contribution in [0.25, 0.3) is 0 Å². The van der Waals surface area contributed by atoms with Gasteiger partial charge in [-0.3, -0.25) is 4.79 Å². The third kappa shape index (κ3) is 3.07. The quantitative estimate of drug-likeness (QED) is 0.778. The molecule has 0 atom stereocenters. The number of carbonyl (C=O) groups excluding carboxylic acids is 1. The molecular formula is C14H20N2O. The number of hydrogen-bond acceptors (Lipinski definition) is 2. The summed E-state index contributed by atoms with van der Waals surface area (Å²) in [4.78, 5) is 11.9. The molecule has 1 aliphatic rings. The van der Waals surface area contributed by atoms with Crippen molar-refractivity contribution in [2.45, 2.75) is 32.7 Å². The van der Waals surface area contributed by atoms with Crippen LogP contribution in [0.5, 0.6) is 0 Å². The molecule has 0 saturated carbocycles. The van der Waals surface area contributed by atoms with Gasteiger partial charge in [-0.05, 0) is 42.6 Å². The summed E-state index contributed by atoms with van der Waals surface area (Å²) in [5.41, 5.74) is 3.41. The molecule has 2 N–H and O–H groups in total. The maximum atomic E-state index is 11.9. The first-order valence-electron chi connectivity index (χ1n) is 6.42. The molecule has 3 nitrogen and oxygen atoms in total. The second-order valence-electron chi connectivity index (χ2n) is 4.52. The number of rotatable bonds is 4. The summed E-state index contributed by atoms with van der Waals surface area (Å²) in [7, 11) is 0. The van der Waals surface area contributed by atoms with Crippen molar-refractivity contribution in [3.63, 3.8) is 0 Å². The Morgan fingerprint density at radius 3 is 3.12 bits per heavy atom. The zero-order valence-electron chi connectivity index (χ0n) is 10.4. The lowest BCUT2D eigenvalue weighted by Crippen LogP contribution is -2.26. The first-order chi connectivity index (χ1) is 8.31. The van der Waals surface area contributed by atoms with Gasteiger partial charge in [-0.2, -0.15) is 0 Å². The van der Waals surface area contributed by atoms with Gasteiger partial charge in [0.25, 0.3) is 5.91 Å². The molecule has 0 unspecified atom stereocenters. The minimum absolute atomic E-state index is 0.0480. The first-order valence-corrected chi connectivity index (χ1v) is 6.42. The highest BCUT2D eigenvalue weighted by Crippen LogP contribution is 2.15. The van der Waals surface area contributed by atoms with Gasteiger partial charge in [-0.1, -0.05) is 19.4 Å². The van der Waals surface area contributed by atoms with E-state index < -0.39 is 0 Å². The summed E-state index contributed by atoms with van der Waals surface area (Å²) in [6.45, 7) is 4.81. The van der Waals surface area contributed by atoms with Crippen LogP contribution in [0.3, 0.4) is 0 Å². The number of fused-ring (bicyclic) bond motifs is 1. The first kappa shape index (κ1) is 12.1. The lowest BCUT2D eigenvalue weighted by atomic mass is 9.98. The standard InChI is InChI=1S/C14H20N2O/c1-2-3-7-16-14(17)12-5-4-11-6-8-15-10-13(11)9-12/h4-5,9,15H,2-3,6-8,10H2,1H3,(H,16,17). The van der Waals surface area contributed by atoms with Crippen molar-refractivity contribution < 1.29 is 4.79 Å². The summed E-state index contributed by atoms with van der Waals surface area (Å²) in [5, 5.41) is 6.28. The van der Waals surface area contributed by atoms with Crippen LogP contribution in [-0.2, 0) is 13.0 Å². The van der Waals surface area contributed by atoms with Crippen LogP contribution in [-0.4, -0.2) is 19.0 Å². The smallest absolute Gasteiger partial charge is 0.251 e. The van der Waals surface area contributed by atoms with Crippen LogP contribution in [0.4, 0.5) is 0 Å². The molecule has 92 valence electrons. The Morgan fingerprint density at radius 2 is 2.29 bits per heavy atom. The monoisotopic (exact) mass is 232 g/mol. The maximum absolute atomic E-state index is 11.9. The van der Waals surface area contributed by atoms with Gasteiger partial charge in [0, 0.05) is 18.7 Å². The van der Waals surface area contributed by atoms with Crippen LogP contribution in [0.15, 0.2) is 18.2 Å². The Bertz CT molecular complexity index is 401. The SMILES string of the molecule is CCCCNC(=O)c1ccc2c(c1)CNCC2. The Labute approximate surface area is 103 Å². The predicted octanol–water partition coefficient (Wildman–Crippen LogP) is 1.86. The molecule has 0 spiro atoms. The number of amides is 1. The second kappa shape index (κ2) is 5.82. The number of carbonyl (C=O) groups is 1. The van der Waals surface area contributed by atoms with Crippen molar-refractivity contribution in [1.29, 1.82) is 0 Å². The fourth-order valence-corrected chi connectivity index (χ4v) is 2.10. The van der Waals surface area contributed by atoms with E-state index in [1.54, 1.807) is 0 Å². The van der Waals surface area contributed by atoms with Crippen molar-refractivity contribution in [1.82, 2.24) is 10.6 Å². The molecule has 0 bridgehead atoms. The maximum Gasteiger partial charge on any atom is 0.251 e. The minimum atomic E-state index is 0.0480. The third-order valence-corrected chi connectivity index (χ3v) is 3.17. The topological polar surface area (TPSA) is 41.1 Å². The van der Waals surface area contributed by atoms with E-state index in [0.717, 1.165) is 44.5 Å². The van der Waals surface area contributed by atoms with Gasteiger partial charge in [0.2, 0.25) is 0 Å². The summed E-state index contributed by atoms with van der Waals surface area (Å²) in [6, 6.07) is 6.04. The van der Waals surface area contributed by atoms with Crippen LogP contribution < -0.4 is 10.6 Å². The molecule has 1 aliphatic heterocycles. The zero-order chi connectivity index (χ0) is 12.1. The van der Waals surface area contributed by atoms with E-state index in [1.165, 1.54) is 11.1 Å². The molecule has 2 rings (SSSR count). The minimum Gasteiger partial charge on any atom is -0.352 e. The van der Waals surface area contributed by atoms with E-state index >= 15 is 0 Å². The molecule has 1 heterocycles. The second-order valence-corrected chi connectivity index (χ2v) is 4.52. The summed E-state index contributed by atoms with van der Waals surface area (Å²) >= 11 is 0. The summed E-state index contributed by atoms with van der Waals surface area (Å²) in [5.74, 6) is 0.0480. The van der Waals surface area contributed by atoms with Crippen LogP contribution >= 0.6 is 0 Å². The van der Waals surface area contributed by atoms with Crippen molar-refractivity contribution >= 4 is 5.91 Å². The zero-order valence-corrected chi connectivity index (χ0v) is 10.4. The van der Waals surface area contributed by atoms with Gasteiger partial charge in [0.15, 0.2) is 0 Å². The number of benzene rings is 1. The molecule has 1 amide bonds. The van der Waals surface area contributed by atoms with Crippen molar-refractivity contribution in [3.05, 3.63) is 34.9 Å². The van der Waals surface area contributed by atoms with Gasteiger partial charge >= 0.3 is 0 Å². The van der Waals surface area contributed by atoms with E-state index in [1.807, 2.05) is 12.1 Å². The Kier molecular flexibility index (Phi) is 4.15. The van der Waals surface area contributed by atoms with Gasteiger partial charge in [-0.25, -0.2) is 0 Å². The summed E-state index contributed by atoms with van der Waals surface area (Å²) < 4.78 is 0. The van der Waals surface area contributed by atoms with E-state index in [-0.39, 0.29) is 5.91 Å². The molecule has 1 aromatic rings. The van der Waals surface area contributed by atoms with E-state index in [9.17, 15) is 4.79 Å². The third-order valence-electron chi connectivity index (χ3n) is 3.17. The fraction of sp³-hybridized carbons (Fsp3) is 0.500. The Balaban J connectivity index is 2.03. The highest BCUT2D eigenvalue weighted by molar-refractivity contribution is 5.94. The summed E-state index contributed by atoms with van der Waals surface area (Å²) in [6.07, 6.45) is 3.21. The molecular weight excluding hydrogens is 212 g/mol. The molecule has 0 saturated heterocycles. The van der Waals surface area contributed by atoms with Gasteiger partial charge in [-0.15, -0.1) is 0 Å². The highest BCUT2D eigenvalue weighted by Gasteiger charge is 2.11. The van der Waals surface area contributed by atoms with Gasteiger partial charge in [0.05, 0.1) is 0 Å². The van der Waals surface area contributed by atoms with E-state index in [0.29, 0.717) is 0 Å². The largest absolute Gasteiger partial charge is 0.352 e. The molecule has 0 aliphatic carbocycles. The molecule has 0 aromatic heterocycles. The van der Waals surface area contributed by atoms with Crippen molar-refractivity contribution in [3.8, 4) is 0 Å². The fourth-order valence-electron chi connectivity index (χ4n) is 2.10. The Hall–Kier alpha value is -1.35.